The zero-order valence-corrected chi connectivity index (χ0v) is 28.1. The fourth-order valence-electron chi connectivity index (χ4n) is 7.27. The van der Waals surface area contributed by atoms with Crippen molar-refractivity contribution in [2.75, 3.05) is 18.4 Å². The second kappa shape index (κ2) is 14.1. The first-order chi connectivity index (χ1) is 25.0. The minimum Gasteiger partial charge on any atom is -0.436 e. The maximum Gasteiger partial charge on any atom is 0.247 e. The Morgan fingerprint density at radius 2 is 1.47 bits per heavy atom. The van der Waals surface area contributed by atoms with E-state index in [2.05, 4.69) is 15.3 Å². The molecule has 4 heterocycles. The van der Waals surface area contributed by atoms with Crippen molar-refractivity contribution in [2.24, 2.45) is 0 Å². The molecule has 2 atom stereocenters. The van der Waals surface area contributed by atoms with Crippen LogP contribution >= 0.6 is 0 Å². The third-order valence-electron chi connectivity index (χ3n) is 9.83. The highest BCUT2D eigenvalue weighted by molar-refractivity contribution is 5.98. The fourth-order valence-corrected chi connectivity index (χ4v) is 7.27. The number of anilines is 1. The van der Waals surface area contributed by atoms with Crippen molar-refractivity contribution in [1.82, 2.24) is 24.8 Å². The number of aromatic amines is 1. The van der Waals surface area contributed by atoms with Crippen LogP contribution in [-0.4, -0.2) is 61.6 Å². The number of rotatable bonds is 9. The summed E-state index contributed by atoms with van der Waals surface area (Å²) in [4.78, 5) is 56.2. The van der Waals surface area contributed by atoms with Crippen LogP contribution in [0.3, 0.4) is 0 Å². The second-order valence-corrected chi connectivity index (χ2v) is 13.3. The van der Waals surface area contributed by atoms with Crippen LogP contribution in [0.5, 0.6) is 0 Å². The molecule has 0 saturated carbocycles. The van der Waals surface area contributed by atoms with Gasteiger partial charge in [-0.3, -0.25) is 14.4 Å². The molecular formula is C41H38N6O4. The van der Waals surface area contributed by atoms with Gasteiger partial charge in [0.15, 0.2) is 5.76 Å². The SMILES string of the molecule is O=C(Nc1cccc(-c2cnc(-c3ccc4nc(C5CCCN5C(=O)Cc5ccccc5)[nH]c4c3)o2)c1)C1CCCN1C(=O)Cc1ccccc1. The molecule has 0 radical (unpaired) electrons. The van der Waals surface area contributed by atoms with Crippen LogP contribution in [-0.2, 0) is 27.2 Å². The Bertz CT molecular complexity index is 2190. The van der Waals surface area contributed by atoms with Gasteiger partial charge in [0, 0.05) is 29.9 Å². The molecule has 0 bridgehead atoms. The Morgan fingerprint density at radius 1 is 0.765 bits per heavy atom. The highest BCUT2D eigenvalue weighted by Crippen LogP contribution is 2.34. The normalized spacial score (nSPS) is 17.3. The summed E-state index contributed by atoms with van der Waals surface area (Å²) in [6, 6.07) is 32.1. The number of benzene rings is 4. The molecule has 2 saturated heterocycles. The van der Waals surface area contributed by atoms with Crippen molar-refractivity contribution >= 4 is 34.4 Å². The standard InChI is InChI=1S/C41H38N6O4/c48-37(22-27-10-3-1-4-11-27)46-20-8-16-34(46)39-44-32-19-18-30(25-33(32)45-39)41-42-26-36(51-41)29-14-7-15-31(24-29)43-40(50)35-17-9-21-47(35)38(49)23-28-12-5-2-6-13-28/h1-7,10-15,18-19,24-26,34-35H,8-9,16-17,20-23H2,(H,43,50)(H,44,45). The number of fused-ring (bicyclic) bond motifs is 1. The van der Waals surface area contributed by atoms with Gasteiger partial charge in [-0.2, -0.15) is 0 Å². The van der Waals surface area contributed by atoms with Gasteiger partial charge in [-0.05, 0) is 67.1 Å². The van der Waals surface area contributed by atoms with Gasteiger partial charge >= 0.3 is 0 Å². The Labute approximate surface area is 295 Å². The number of hydrogen-bond donors (Lipinski definition) is 2. The van der Waals surface area contributed by atoms with E-state index in [4.69, 9.17) is 9.40 Å². The molecule has 3 amide bonds. The van der Waals surface area contributed by atoms with Crippen molar-refractivity contribution in [1.29, 1.82) is 0 Å². The Kier molecular flexibility index (Phi) is 8.88. The zero-order chi connectivity index (χ0) is 34.7. The summed E-state index contributed by atoms with van der Waals surface area (Å²) in [7, 11) is 0. The first-order valence-corrected chi connectivity index (χ1v) is 17.5. The lowest BCUT2D eigenvalue weighted by molar-refractivity contribution is -0.136. The number of likely N-dealkylation sites (tertiary alicyclic amines) is 2. The van der Waals surface area contributed by atoms with Gasteiger partial charge in [0.05, 0.1) is 36.1 Å². The van der Waals surface area contributed by atoms with E-state index in [9.17, 15) is 14.4 Å². The van der Waals surface area contributed by atoms with Crippen molar-refractivity contribution in [3.05, 3.63) is 126 Å². The second-order valence-electron chi connectivity index (χ2n) is 13.3. The summed E-state index contributed by atoms with van der Waals surface area (Å²) in [5.74, 6) is 1.67. The molecule has 2 aliphatic rings. The molecule has 2 unspecified atom stereocenters. The molecule has 0 spiro atoms. The first-order valence-electron chi connectivity index (χ1n) is 17.5. The molecule has 6 aromatic rings. The third kappa shape index (κ3) is 6.90. The summed E-state index contributed by atoms with van der Waals surface area (Å²) in [6.45, 7) is 1.29. The largest absolute Gasteiger partial charge is 0.436 e. The molecule has 10 heteroatoms. The van der Waals surface area contributed by atoms with Crippen LogP contribution in [0.15, 0.2) is 114 Å². The number of nitrogens with zero attached hydrogens (tertiary/aromatic N) is 4. The average molecular weight is 679 g/mol. The molecule has 256 valence electrons. The first kappa shape index (κ1) is 32.2. The van der Waals surface area contributed by atoms with Crippen LogP contribution < -0.4 is 5.32 Å². The van der Waals surface area contributed by atoms with Crippen molar-refractivity contribution in [3.8, 4) is 22.8 Å². The van der Waals surface area contributed by atoms with Crippen molar-refractivity contribution in [3.63, 3.8) is 0 Å². The Hall–Kier alpha value is -6.03. The van der Waals surface area contributed by atoms with E-state index >= 15 is 0 Å². The van der Waals surface area contributed by atoms with E-state index in [1.54, 1.807) is 11.1 Å². The fraction of sp³-hybridized carbons (Fsp3) is 0.244. The Morgan fingerprint density at radius 3 is 2.24 bits per heavy atom. The topological polar surface area (TPSA) is 124 Å². The van der Waals surface area contributed by atoms with E-state index in [0.717, 1.165) is 64.9 Å². The van der Waals surface area contributed by atoms with Crippen LogP contribution in [0.2, 0.25) is 0 Å². The molecule has 0 aliphatic carbocycles. The molecule has 2 aromatic heterocycles. The van der Waals surface area contributed by atoms with E-state index in [1.165, 1.54) is 0 Å². The summed E-state index contributed by atoms with van der Waals surface area (Å²) >= 11 is 0. The number of amides is 3. The lowest BCUT2D eigenvalue weighted by Gasteiger charge is -2.24. The number of oxazole rings is 1. The lowest BCUT2D eigenvalue weighted by atomic mass is 10.1. The molecule has 2 aliphatic heterocycles. The zero-order valence-electron chi connectivity index (χ0n) is 28.1. The van der Waals surface area contributed by atoms with Gasteiger partial charge in [-0.25, -0.2) is 9.97 Å². The number of nitrogens with one attached hydrogen (secondary N) is 2. The third-order valence-corrected chi connectivity index (χ3v) is 9.83. The number of H-pyrrole nitrogens is 1. The van der Waals surface area contributed by atoms with Gasteiger partial charge in [0.25, 0.3) is 0 Å². The summed E-state index contributed by atoms with van der Waals surface area (Å²) < 4.78 is 6.22. The summed E-state index contributed by atoms with van der Waals surface area (Å²) in [5.41, 5.74) is 5.77. The maximum atomic E-state index is 13.4. The molecule has 2 N–H and O–H groups in total. The van der Waals surface area contributed by atoms with Gasteiger partial charge in [0.1, 0.15) is 11.9 Å². The summed E-state index contributed by atoms with van der Waals surface area (Å²) in [5, 5.41) is 3.02. The van der Waals surface area contributed by atoms with Gasteiger partial charge in [-0.15, -0.1) is 0 Å². The monoisotopic (exact) mass is 678 g/mol. The highest BCUT2D eigenvalue weighted by atomic mass is 16.4. The van der Waals surface area contributed by atoms with E-state index in [0.29, 0.717) is 36.7 Å². The molecule has 2 fully saturated rings. The number of imidazole rings is 1. The molecular weight excluding hydrogens is 640 g/mol. The summed E-state index contributed by atoms with van der Waals surface area (Å²) in [6.07, 6.45) is 5.54. The maximum absolute atomic E-state index is 13.4. The lowest BCUT2D eigenvalue weighted by Crippen LogP contribution is -2.43. The minimum atomic E-state index is -0.508. The molecule has 4 aromatic carbocycles. The Balaban J connectivity index is 0.943. The van der Waals surface area contributed by atoms with E-state index < -0.39 is 6.04 Å². The van der Waals surface area contributed by atoms with Crippen molar-refractivity contribution in [2.45, 2.75) is 50.6 Å². The van der Waals surface area contributed by atoms with E-state index in [-0.39, 0.29) is 30.2 Å². The van der Waals surface area contributed by atoms with Crippen LogP contribution in [0, 0.1) is 0 Å². The predicted octanol–water partition coefficient (Wildman–Crippen LogP) is 6.96. The van der Waals surface area contributed by atoms with Gasteiger partial charge < -0.3 is 24.5 Å². The predicted molar refractivity (Wildman–Crippen MR) is 194 cm³/mol. The number of carbonyl (C=O) groups excluding carboxylic acids is 3. The van der Waals surface area contributed by atoms with Crippen LogP contribution in [0.1, 0.15) is 48.7 Å². The van der Waals surface area contributed by atoms with Gasteiger partial charge in [-0.1, -0.05) is 72.8 Å². The van der Waals surface area contributed by atoms with Crippen LogP contribution in [0.25, 0.3) is 33.8 Å². The van der Waals surface area contributed by atoms with Crippen molar-refractivity contribution < 1.29 is 18.8 Å². The number of hydrogen-bond acceptors (Lipinski definition) is 6. The van der Waals surface area contributed by atoms with Gasteiger partial charge in [0.2, 0.25) is 23.6 Å². The van der Waals surface area contributed by atoms with E-state index in [1.807, 2.05) is 108 Å². The minimum absolute atomic E-state index is 0.0409. The molecule has 8 rings (SSSR count). The highest BCUT2D eigenvalue weighted by Gasteiger charge is 2.34. The average Bonchev–Trinajstić information content (AvgIpc) is 3.98. The van der Waals surface area contributed by atoms with Crippen LogP contribution in [0.4, 0.5) is 5.69 Å². The molecule has 10 nitrogen and oxygen atoms in total. The number of carbonyl (C=O) groups is 3. The molecule has 51 heavy (non-hydrogen) atoms. The quantitative estimate of drug-likeness (QED) is 0.170. The number of aromatic nitrogens is 3. The smallest absolute Gasteiger partial charge is 0.247 e.